The van der Waals surface area contributed by atoms with Crippen LogP contribution in [0, 0.1) is 0 Å². The average molecular weight is 422 g/mol. The summed E-state index contributed by atoms with van der Waals surface area (Å²) in [4.78, 5) is 17.2. The van der Waals surface area contributed by atoms with Crippen LogP contribution in [0.4, 0.5) is 5.82 Å². The third-order valence-electron chi connectivity index (χ3n) is 4.00. The van der Waals surface area contributed by atoms with Crippen molar-refractivity contribution < 1.29 is 9.53 Å². The zero-order valence-electron chi connectivity index (χ0n) is 14.3. The van der Waals surface area contributed by atoms with Crippen molar-refractivity contribution in [1.82, 2.24) is 9.38 Å². The molecule has 5 nitrogen and oxygen atoms in total. The van der Waals surface area contributed by atoms with Gasteiger partial charge < -0.3 is 10.1 Å². The first-order chi connectivity index (χ1) is 13.2. The van der Waals surface area contributed by atoms with Crippen LogP contribution in [0.3, 0.4) is 0 Å². The fraction of sp³-hybridized carbons (Fsp3) is 0.0476. The zero-order valence-corrected chi connectivity index (χ0v) is 15.9. The molecule has 0 aliphatic carbocycles. The van der Waals surface area contributed by atoms with Crippen LogP contribution in [0.25, 0.3) is 16.9 Å². The van der Waals surface area contributed by atoms with Gasteiger partial charge in [0.2, 0.25) is 0 Å². The molecule has 0 radical (unpaired) electrons. The Bertz CT molecular complexity index is 1090. The molecule has 4 rings (SSSR count). The van der Waals surface area contributed by atoms with Gasteiger partial charge in [-0.05, 0) is 30.3 Å². The number of anilines is 1. The van der Waals surface area contributed by atoms with Crippen molar-refractivity contribution in [2.75, 3.05) is 11.9 Å². The number of aromatic nitrogens is 2. The number of benzene rings is 2. The lowest BCUT2D eigenvalue weighted by atomic mass is 10.1. The number of nitrogens with one attached hydrogen (secondary N) is 1. The summed E-state index contributed by atoms with van der Waals surface area (Å²) in [5.74, 6) is 0.999. The molecule has 6 heteroatoms. The Morgan fingerprint density at radius 2 is 1.85 bits per heavy atom. The summed E-state index contributed by atoms with van der Waals surface area (Å²) in [6.07, 6.45) is 1.87. The maximum Gasteiger partial charge on any atom is 0.263 e. The molecular formula is C21H16BrN3O2. The number of hydrogen-bond donors (Lipinski definition) is 1. The highest BCUT2D eigenvalue weighted by molar-refractivity contribution is 9.10. The standard InChI is InChI=1S/C21H16BrN3O2/c22-16-9-6-10-17(13-16)27-14-19(26)24-21-20(15-7-2-1-3-8-15)23-18-11-4-5-12-25(18)21/h1-13H,14H2,(H,24,26). The third-order valence-corrected chi connectivity index (χ3v) is 4.49. The number of imidazole rings is 1. The fourth-order valence-electron chi connectivity index (χ4n) is 2.79. The average Bonchev–Trinajstić information content (AvgIpc) is 3.06. The second-order valence-corrected chi connectivity index (χ2v) is 6.81. The highest BCUT2D eigenvalue weighted by Gasteiger charge is 2.16. The van der Waals surface area contributed by atoms with Gasteiger partial charge in [0.05, 0.1) is 0 Å². The van der Waals surface area contributed by atoms with Gasteiger partial charge in [-0.2, -0.15) is 0 Å². The van der Waals surface area contributed by atoms with Gasteiger partial charge in [-0.3, -0.25) is 9.20 Å². The Kier molecular flexibility index (Phi) is 4.89. The van der Waals surface area contributed by atoms with E-state index in [1.54, 1.807) is 0 Å². The van der Waals surface area contributed by atoms with E-state index in [1.807, 2.05) is 83.4 Å². The molecule has 1 amide bonds. The van der Waals surface area contributed by atoms with Crippen molar-refractivity contribution in [1.29, 1.82) is 0 Å². The largest absolute Gasteiger partial charge is 0.484 e. The van der Waals surface area contributed by atoms with E-state index >= 15 is 0 Å². The number of rotatable bonds is 5. The van der Waals surface area contributed by atoms with Gasteiger partial charge >= 0.3 is 0 Å². The number of hydrogen-bond acceptors (Lipinski definition) is 3. The van der Waals surface area contributed by atoms with Gasteiger partial charge in [0.25, 0.3) is 5.91 Å². The molecule has 4 aromatic rings. The van der Waals surface area contributed by atoms with Gasteiger partial charge in [-0.1, -0.05) is 58.4 Å². The Labute approximate surface area is 164 Å². The van der Waals surface area contributed by atoms with E-state index in [-0.39, 0.29) is 12.5 Å². The van der Waals surface area contributed by atoms with E-state index in [0.717, 1.165) is 21.4 Å². The molecule has 27 heavy (non-hydrogen) atoms. The smallest absolute Gasteiger partial charge is 0.263 e. The Morgan fingerprint density at radius 1 is 1.04 bits per heavy atom. The molecule has 0 spiro atoms. The molecule has 0 bridgehead atoms. The van der Waals surface area contributed by atoms with E-state index < -0.39 is 0 Å². The summed E-state index contributed by atoms with van der Waals surface area (Å²) in [5, 5.41) is 2.94. The summed E-state index contributed by atoms with van der Waals surface area (Å²) in [6.45, 7) is -0.0925. The number of pyridine rings is 1. The van der Waals surface area contributed by atoms with Crippen molar-refractivity contribution in [3.05, 3.63) is 83.5 Å². The molecule has 2 aromatic carbocycles. The minimum absolute atomic E-state index is 0.0925. The maximum atomic E-state index is 12.5. The highest BCUT2D eigenvalue weighted by Crippen LogP contribution is 2.28. The second kappa shape index (κ2) is 7.63. The first-order valence-electron chi connectivity index (χ1n) is 8.41. The predicted octanol–water partition coefficient (Wildman–Crippen LogP) is 4.78. The van der Waals surface area contributed by atoms with Crippen LogP contribution in [-0.4, -0.2) is 21.9 Å². The van der Waals surface area contributed by atoms with Crippen LogP contribution in [0.1, 0.15) is 0 Å². The van der Waals surface area contributed by atoms with Crippen LogP contribution < -0.4 is 10.1 Å². The summed E-state index contributed by atoms with van der Waals surface area (Å²) in [5.41, 5.74) is 2.42. The van der Waals surface area contributed by atoms with Crippen LogP contribution in [-0.2, 0) is 4.79 Å². The molecular weight excluding hydrogens is 406 g/mol. The lowest BCUT2D eigenvalue weighted by Crippen LogP contribution is -2.21. The second-order valence-electron chi connectivity index (χ2n) is 5.90. The monoisotopic (exact) mass is 421 g/mol. The quantitative estimate of drug-likeness (QED) is 0.504. The molecule has 0 unspecified atom stereocenters. The number of fused-ring (bicyclic) bond motifs is 1. The maximum absolute atomic E-state index is 12.5. The fourth-order valence-corrected chi connectivity index (χ4v) is 3.16. The number of nitrogens with zero attached hydrogens (tertiary/aromatic N) is 2. The summed E-state index contributed by atoms with van der Waals surface area (Å²) in [6, 6.07) is 22.9. The Balaban J connectivity index is 1.60. The number of carbonyl (C=O) groups excluding carboxylic acids is 1. The van der Waals surface area contributed by atoms with Gasteiger partial charge in [-0.15, -0.1) is 0 Å². The van der Waals surface area contributed by atoms with E-state index in [0.29, 0.717) is 11.6 Å². The number of carbonyl (C=O) groups is 1. The predicted molar refractivity (Wildman–Crippen MR) is 109 cm³/mol. The van der Waals surface area contributed by atoms with Crippen molar-refractivity contribution in [2.45, 2.75) is 0 Å². The third kappa shape index (κ3) is 3.85. The van der Waals surface area contributed by atoms with Gasteiger partial charge in [0.15, 0.2) is 6.61 Å². The molecule has 134 valence electrons. The minimum atomic E-state index is -0.252. The van der Waals surface area contributed by atoms with E-state index in [4.69, 9.17) is 4.74 Å². The first-order valence-corrected chi connectivity index (χ1v) is 9.21. The number of amides is 1. The molecule has 0 aliphatic rings. The van der Waals surface area contributed by atoms with Gasteiger partial charge in [0, 0.05) is 16.2 Å². The lowest BCUT2D eigenvalue weighted by Gasteiger charge is -2.09. The summed E-state index contributed by atoms with van der Waals surface area (Å²) in [7, 11) is 0. The normalized spacial score (nSPS) is 10.7. The number of ether oxygens (including phenoxy) is 1. The van der Waals surface area contributed by atoms with Crippen molar-refractivity contribution in [3.63, 3.8) is 0 Å². The summed E-state index contributed by atoms with van der Waals surface area (Å²) >= 11 is 3.39. The Morgan fingerprint density at radius 3 is 2.67 bits per heavy atom. The van der Waals surface area contributed by atoms with Crippen molar-refractivity contribution in [2.24, 2.45) is 0 Å². The molecule has 2 heterocycles. The van der Waals surface area contributed by atoms with Crippen LogP contribution in [0.15, 0.2) is 83.5 Å². The van der Waals surface area contributed by atoms with E-state index in [9.17, 15) is 4.79 Å². The molecule has 0 saturated carbocycles. The van der Waals surface area contributed by atoms with Crippen molar-refractivity contribution >= 4 is 33.3 Å². The van der Waals surface area contributed by atoms with Crippen LogP contribution in [0.2, 0.25) is 0 Å². The van der Waals surface area contributed by atoms with Gasteiger partial charge in [0.1, 0.15) is 22.9 Å². The van der Waals surface area contributed by atoms with E-state index in [2.05, 4.69) is 26.2 Å². The minimum Gasteiger partial charge on any atom is -0.484 e. The number of halogens is 1. The van der Waals surface area contributed by atoms with Gasteiger partial charge in [-0.25, -0.2) is 4.98 Å². The molecule has 0 atom stereocenters. The lowest BCUT2D eigenvalue weighted by molar-refractivity contribution is -0.118. The van der Waals surface area contributed by atoms with Crippen molar-refractivity contribution in [3.8, 4) is 17.0 Å². The molecule has 0 saturated heterocycles. The Hall–Kier alpha value is -3.12. The topological polar surface area (TPSA) is 55.6 Å². The molecule has 0 fully saturated rings. The molecule has 2 aromatic heterocycles. The first kappa shape index (κ1) is 17.3. The highest BCUT2D eigenvalue weighted by atomic mass is 79.9. The van der Waals surface area contributed by atoms with E-state index in [1.165, 1.54) is 0 Å². The van der Waals surface area contributed by atoms with Crippen LogP contribution >= 0.6 is 15.9 Å². The molecule has 1 N–H and O–H groups in total. The zero-order chi connectivity index (χ0) is 18.6. The SMILES string of the molecule is O=C(COc1cccc(Br)c1)Nc1c(-c2ccccc2)nc2ccccn12. The summed E-state index contributed by atoms with van der Waals surface area (Å²) < 4.78 is 8.34. The van der Waals surface area contributed by atoms with Crippen LogP contribution in [0.5, 0.6) is 5.75 Å². The molecule has 0 aliphatic heterocycles.